The maximum absolute atomic E-state index is 13.1. The second kappa shape index (κ2) is 10.7. The van der Waals surface area contributed by atoms with Crippen LogP contribution in [0, 0.1) is 0 Å². The van der Waals surface area contributed by atoms with E-state index in [1.807, 2.05) is 6.20 Å². The largest absolute Gasteiger partial charge is 0.444 e. The molecule has 0 aliphatic carbocycles. The number of hydrogen-bond donors (Lipinski definition) is 2. The molecule has 0 fully saturated rings. The van der Waals surface area contributed by atoms with Gasteiger partial charge >= 0.3 is 6.09 Å². The van der Waals surface area contributed by atoms with E-state index in [2.05, 4.69) is 15.7 Å². The number of nitrogens with one attached hydrogen (secondary N) is 2. The summed E-state index contributed by atoms with van der Waals surface area (Å²) in [4.78, 5) is 25.5. The van der Waals surface area contributed by atoms with Crippen molar-refractivity contribution in [3.05, 3.63) is 78.9 Å². The quantitative estimate of drug-likeness (QED) is 0.304. The summed E-state index contributed by atoms with van der Waals surface area (Å²) in [6.45, 7) is 5.26. The number of ether oxygens (including phenoxy) is 1. The van der Waals surface area contributed by atoms with E-state index in [-0.39, 0.29) is 4.21 Å². The van der Waals surface area contributed by atoms with Crippen LogP contribution in [-0.2, 0) is 26.6 Å². The monoisotopic (exact) mass is 553 g/mol. The van der Waals surface area contributed by atoms with Gasteiger partial charge in [0.2, 0.25) is 5.91 Å². The Morgan fingerprint density at radius 2 is 1.74 bits per heavy atom. The Hall–Kier alpha value is -4.16. The van der Waals surface area contributed by atoms with Gasteiger partial charge in [-0.05, 0) is 62.7 Å². The number of benzene rings is 1. The maximum Gasteiger partial charge on any atom is 0.412 e. The van der Waals surface area contributed by atoms with Crippen LogP contribution in [0.15, 0.2) is 77.5 Å². The fraction of sp³-hybridized carbons (Fsp3) is 0.192. The Balaban J connectivity index is 1.43. The molecule has 0 saturated carbocycles. The van der Waals surface area contributed by atoms with Gasteiger partial charge in [0.25, 0.3) is 10.0 Å². The van der Waals surface area contributed by atoms with Crippen LogP contribution >= 0.6 is 11.3 Å². The molecule has 0 radical (unpaired) electrons. The summed E-state index contributed by atoms with van der Waals surface area (Å²) < 4.78 is 34.4. The lowest BCUT2D eigenvalue weighted by molar-refractivity contribution is -0.111. The molecule has 2 N–H and O–H groups in total. The Morgan fingerprint density at radius 1 is 1.03 bits per heavy atom. The molecule has 10 nitrogen and oxygen atoms in total. The molecule has 1 aromatic carbocycles. The van der Waals surface area contributed by atoms with Crippen LogP contribution in [0.2, 0.25) is 0 Å². The van der Waals surface area contributed by atoms with Gasteiger partial charge in [-0.15, -0.1) is 11.3 Å². The van der Waals surface area contributed by atoms with Crippen molar-refractivity contribution >= 4 is 50.8 Å². The topological polar surface area (TPSA) is 124 Å². The minimum absolute atomic E-state index is 0.189. The van der Waals surface area contributed by atoms with E-state index in [1.165, 1.54) is 24.5 Å². The predicted molar refractivity (Wildman–Crippen MR) is 147 cm³/mol. The molecule has 0 spiro atoms. The Labute approximate surface area is 224 Å². The number of nitrogens with zero attached hydrogens (tertiary/aromatic N) is 3. The summed E-state index contributed by atoms with van der Waals surface area (Å²) in [5, 5.41) is 9.45. The van der Waals surface area contributed by atoms with Gasteiger partial charge in [-0.25, -0.2) is 8.77 Å². The number of rotatable bonds is 7. The Kier molecular flexibility index (Phi) is 7.56. The molecule has 198 valence electrons. The molecule has 12 heteroatoms. The van der Waals surface area contributed by atoms with Crippen LogP contribution < -0.4 is 10.6 Å². The van der Waals surface area contributed by atoms with Gasteiger partial charge < -0.3 is 10.1 Å². The lowest BCUT2D eigenvalue weighted by Crippen LogP contribution is -2.27. The zero-order valence-corrected chi connectivity index (χ0v) is 22.8. The van der Waals surface area contributed by atoms with Crippen molar-refractivity contribution < 1.29 is 22.7 Å². The Bertz CT molecular complexity index is 1610. The number of carbonyl (C=O) groups excluding carboxylic acids is 2. The summed E-state index contributed by atoms with van der Waals surface area (Å²) in [5.41, 5.74) is 1.45. The van der Waals surface area contributed by atoms with Crippen LogP contribution in [0.1, 0.15) is 26.3 Å². The van der Waals surface area contributed by atoms with Crippen molar-refractivity contribution in [2.75, 3.05) is 10.6 Å². The van der Waals surface area contributed by atoms with Gasteiger partial charge in [0.15, 0.2) is 0 Å². The van der Waals surface area contributed by atoms with Gasteiger partial charge in [-0.3, -0.25) is 14.8 Å². The Morgan fingerprint density at radius 3 is 2.39 bits per heavy atom. The molecule has 38 heavy (non-hydrogen) atoms. The molecule has 3 heterocycles. The van der Waals surface area contributed by atoms with Gasteiger partial charge in [0.05, 0.1) is 17.6 Å². The van der Waals surface area contributed by atoms with Crippen LogP contribution in [-0.4, -0.2) is 39.8 Å². The maximum atomic E-state index is 13.1. The third-order valence-electron chi connectivity index (χ3n) is 5.04. The minimum Gasteiger partial charge on any atom is -0.444 e. The van der Waals surface area contributed by atoms with Crippen LogP contribution in [0.25, 0.3) is 16.5 Å². The summed E-state index contributed by atoms with van der Waals surface area (Å²) in [7, 11) is -2.00. The molecule has 3 aromatic heterocycles. The highest BCUT2D eigenvalue weighted by Crippen LogP contribution is 2.31. The van der Waals surface area contributed by atoms with E-state index in [9.17, 15) is 18.0 Å². The molecular weight excluding hydrogens is 526 g/mol. The molecule has 0 bridgehead atoms. The highest BCUT2D eigenvalue weighted by atomic mass is 32.2. The predicted octanol–water partition coefficient (Wildman–Crippen LogP) is 5.19. The van der Waals surface area contributed by atoms with Crippen LogP contribution in [0.4, 0.5) is 16.2 Å². The minimum atomic E-state index is -3.79. The average Bonchev–Trinajstić information content (AvgIpc) is 3.58. The highest BCUT2D eigenvalue weighted by molar-refractivity contribution is 7.92. The number of aromatic nitrogens is 3. The number of amides is 2. The molecule has 0 saturated heterocycles. The standard InChI is InChI=1S/C26H27N5O5S2/c1-26(2,3)36-25(33)29-21-8-6-5-7-20(21)28-23(32)11-9-18-13-14-31(16-18)38(34,35)24-12-10-22(37-24)19-15-27-30(4)17-19/h5-17H,1-4H3,(H,28,32)(H,29,33)/b11-9+. The van der Waals surface area contributed by atoms with Gasteiger partial charge in [0, 0.05) is 42.2 Å². The van der Waals surface area contributed by atoms with Crippen LogP contribution in [0.3, 0.4) is 0 Å². The van der Waals surface area contributed by atoms with E-state index in [4.69, 9.17) is 4.74 Å². The SMILES string of the molecule is Cn1cc(-c2ccc(S(=O)(=O)n3ccc(/C=C/C(=O)Nc4ccccc4NC(=O)OC(C)(C)C)c3)s2)cn1. The van der Waals surface area contributed by atoms with Gasteiger partial charge in [-0.2, -0.15) is 13.5 Å². The first kappa shape index (κ1) is 26.9. The third kappa shape index (κ3) is 6.58. The van der Waals surface area contributed by atoms with Crippen molar-refractivity contribution in [3.63, 3.8) is 0 Å². The fourth-order valence-electron chi connectivity index (χ4n) is 3.37. The van der Waals surface area contributed by atoms with Crippen molar-refractivity contribution in [1.29, 1.82) is 0 Å². The van der Waals surface area contributed by atoms with E-state index >= 15 is 0 Å². The molecular formula is C26H27N5O5S2. The van der Waals surface area contributed by atoms with Crippen molar-refractivity contribution in [2.45, 2.75) is 30.6 Å². The first-order valence-electron chi connectivity index (χ1n) is 11.5. The smallest absolute Gasteiger partial charge is 0.412 e. The van der Waals surface area contributed by atoms with E-state index in [0.29, 0.717) is 16.9 Å². The normalized spacial score (nSPS) is 12.0. The number of thiophene rings is 1. The zero-order chi connectivity index (χ0) is 27.5. The van der Waals surface area contributed by atoms with Crippen molar-refractivity contribution in [1.82, 2.24) is 13.8 Å². The van der Waals surface area contributed by atoms with Crippen molar-refractivity contribution in [2.24, 2.45) is 7.05 Å². The highest BCUT2D eigenvalue weighted by Gasteiger charge is 2.20. The number of anilines is 2. The van der Waals surface area contributed by atoms with Crippen molar-refractivity contribution in [3.8, 4) is 10.4 Å². The zero-order valence-electron chi connectivity index (χ0n) is 21.2. The van der Waals surface area contributed by atoms with E-state index in [0.717, 1.165) is 25.7 Å². The molecule has 4 rings (SSSR count). The number of hydrogen-bond acceptors (Lipinski definition) is 7. The second-order valence-corrected chi connectivity index (χ2v) is 12.5. The first-order valence-corrected chi connectivity index (χ1v) is 13.8. The summed E-state index contributed by atoms with van der Waals surface area (Å²) in [6, 6.07) is 11.6. The van der Waals surface area contributed by atoms with Crippen LogP contribution in [0.5, 0.6) is 0 Å². The number of para-hydroxylation sites is 2. The first-order chi connectivity index (χ1) is 17.9. The van der Waals surface area contributed by atoms with E-state index < -0.39 is 27.6 Å². The molecule has 0 atom stereocenters. The fourth-order valence-corrected chi connectivity index (χ4v) is 5.96. The summed E-state index contributed by atoms with van der Waals surface area (Å²) in [6.07, 6.45) is 8.49. The van der Waals surface area contributed by atoms with Gasteiger partial charge in [0.1, 0.15) is 9.81 Å². The summed E-state index contributed by atoms with van der Waals surface area (Å²) >= 11 is 1.15. The molecule has 0 aliphatic heterocycles. The second-order valence-electron chi connectivity index (χ2n) is 9.30. The summed E-state index contributed by atoms with van der Waals surface area (Å²) in [5.74, 6) is -0.460. The average molecular weight is 554 g/mol. The molecule has 2 amide bonds. The molecule has 0 unspecified atom stereocenters. The number of aryl methyl sites for hydroxylation is 1. The number of carbonyl (C=O) groups is 2. The molecule has 4 aromatic rings. The van der Waals surface area contributed by atoms with Gasteiger partial charge in [-0.1, -0.05) is 12.1 Å². The lowest BCUT2D eigenvalue weighted by atomic mass is 10.2. The third-order valence-corrected chi connectivity index (χ3v) is 8.28. The molecule has 0 aliphatic rings. The lowest BCUT2D eigenvalue weighted by Gasteiger charge is -2.20. The van der Waals surface area contributed by atoms with E-state index in [1.54, 1.807) is 81.2 Å².